The van der Waals surface area contributed by atoms with Crippen LogP contribution in [-0.4, -0.2) is 42.3 Å². The molecule has 0 bridgehead atoms. The summed E-state index contributed by atoms with van der Waals surface area (Å²) in [6.45, 7) is 6.53. The highest BCUT2D eigenvalue weighted by Crippen LogP contribution is 2.30. The molecule has 1 heterocycles. The summed E-state index contributed by atoms with van der Waals surface area (Å²) >= 11 is 1.90. The number of benzene rings is 2. The van der Waals surface area contributed by atoms with E-state index in [4.69, 9.17) is 4.74 Å². The topological polar surface area (TPSA) is 46.6 Å². The van der Waals surface area contributed by atoms with E-state index in [1.165, 1.54) is 5.56 Å². The first-order chi connectivity index (χ1) is 15.2. The van der Waals surface area contributed by atoms with Crippen LogP contribution < -0.4 is 4.74 Å². The first-order valence-corrected chi connectivity index (χ1v) is 12.5. The molecular weight excluding hydrogens is 418 g/mol. The van der Waals surface area contributed by atoms with E-state index in [9.17, 15) is 9.59 Å². The van der Waals surface area contributed by atoms with Gasteiger partial charge >= 0.3 is 0 Å². The Morgan fingerprint density at radius 2 is 1.62 bits per heavy atom. The minimum atomic E-state index is -0.606. The van der Waals surface area contributed by atoms with Gasteiger partial charge in [-0.1, -0.05) is 57.2 Å². The van der Waals surface area contributed by atoms with Gasteiger partial charge < -0.3 is 9.64 Å². The van der Waals surface area contributed by atoms with Crippen LogP contribution in [0.15, 0.2) is 48.5 Å². The van der Waals surface area contributed by atoms with Crippen LogP contribution in [0, 0.1) is 5.92 Å². The average molecular weight is 454 g/mol. The Labute approximate surface area is 196 Å². The number of ether oxygens (including phenoxy) is 1. The van der Waals surface area contributed by atoms with Gasteiger partial charge in [-0.3, -0.25) is 9.59 Å². The van der Waals surface area contributed by atoms with Gasteiger partial charge in [0.1, 0.15) is 11.8 Å². The summed E-state index contributed by atoms with van der Waals surface area (Å²) in [5.41, 5.74) is 3.10. The van der Waals surface area contributed by atoms with E-state index < -0.39 is 6.04 Å². The lowest BCUT2D eigenvalue weighted by molar-refractivity contribution is -0.141. The number of carbonyl (C=O) groups is 2. The number of thioether (sulfide) groups is 1. The van der Waals surface area contributed by atoms with Crippen molar-refractivity contribution in [3.63, 3.8) is 0 Å². The number of carbonyl (C=O) groups excluding carboxylic acids is 2. The molecule has 0 aromatic heterocycles. The molecule has 1 atom stereocenters. The summed E-state index contributed by atoms with van der Waals surface area (Å²) in [6.07, 6.45) is 2.05. The van der Waals surface area contributed by atoms with E-state index in [2.05, 4.69) is 32.9 Å². The van der Waals surface area contributed by atoms with E-state index in [-0.39, 0.29) is 23.0 Å². The lowest BCUT2D eigenvalue weighted by atomic mass is 9.86. The first-order valence-electron chi connectivity index (χ1n) is 11.3. The monoisotopic (exact) mass is 453 g/mol. The maximum absolute atomic E-state index is 13.5. The molecule has 1 unspecified atom stereocenters. The molecule has 1 fully saturated rings. The molecule has 172 valence electrons. The summed E-state index contributed by atoms with van der Waals surface area (Å²) in [7, 11) is 3.40. The van der Waals surface area contributed by atoms with E-state index in [1.54, 1.807) is 19.1 Å². The fourth-order valence-electron chi connectivity index (χ4n) is 4.19. The van der Waals surface area contributed by atoms with E-state index in [1.807, 2.05) is 48.2 Å². The second kappa shape index (κ2) is 10.6. The summed E-state index contributed by atoms with van der Waals surface area (Å²) < 4.78 is 5.28. The van der Waals surface area contributed by atoms with Crippen molar-refractivity contribution in [2.75, 3.05) is 25.7 Å². The Morgan fingerprint density at radius 1 is 1.03 bits per heavy atom. The Kier molecular flexibility index (Phi) is 8.05. The predicted molar refractivity (Wildman–Crippen MR) is 132 cm³/mol. The molecular formula is C27H35NO3S. The number of amides is 1. The molecule has 0 radical (unpaired) electrons. The fraction of sp³-hybridized carbons (Fsp3) is 0.481. The normalized spacial score (nSPS) is 15.8. The van der Waals surface area contributed by atoms with Gasteiger partial charge in [-0.05, 0) is 58.6 Å². The molecule has 4 nitrogen and oxygen atoms in total. The number of rotatable bonds is 7. The summed E-state index contributed by atoms with van der Waals surface area (Å²) in [6, 6.07) is 15.1. The smallest absolute Gasteiger partial charge is 0.226 e. The third kappa shape index (κ3) is 5.94. The minimum absolute atomic E-state index is 0.000803. The van der Waals surface area contributed by atoms with Crippen LogP contribution in [0.5, 0.6) is 5.75 Å². The van der Waals surface area contributed by atoms with Crippen molar-refractivity contribution in [3.8, 4) is 5.75 Å². The Balaban J connectivity index is 1.85. The second-order valence-electron chi connectivity index (χ2n) is 9.60. The van der Waals surface area contributed by atoms with E-state index in [0.717, 1.165) is 41.2 Å². The number of Topliss-reactive ketones (excluding diaryl/α,β-unsaturated/α-hetero) is 1. The maximum atomic E-state index is 13.5. The molecule has 3 rings (SSSR count). The Morgan fingerprint density at radius 3 is 2.16 bits per heavy atom. The van der Waals surface area contributed by atoms with Crippen LogP contribution in [0.2, 0.25) is 0 Å². The number of ketones is 1. The molecule has 0 saturated carbocycles. The molecule has 2 aromatic carbocycles. The Hall–Kier alpha value is -2.27. The van der Waals surface area contributed by atoms with Gasteiger partial charge in [0.15, 0.2) is 5.78 Å². The standard InChI is InChI=1S/C27H35NO3S/c1-27(2,3)22-10-6-19(7-11-22)18-24(29)25(20-8-12-23(31-5)13-9-20)28(4)26(30)21-14-16-32-17-15-21/h6-13,21,25H,14-18H2,1-5H3. The molecule has 1 saturated heterocycles. The van der Waals surface area contributed by atoms with Crippen LogP contribution in [0.1, 0.15) is 56.3 Å². The number of hydrogen-bond donors (Lipinski definition) is 0. The zero-order chi connectivity index (χ0) is 23.3. The van der Waals surface area contributed by atoms with Gasteiger partial charge in [0.05, 0.1) is 7.11 Å². The summed E-state index contributed by atoms with van der Waals surface area (Å²) in [4.78, 5) is 28.5. The third-order valence-electron chi connectivity index (χ3n) is 6.24. The van der Waals surface area contributed by atoms with Gasteiger partial charge in [-0.2, -0.15) is 11.8 Å². The van der Waals surface area contributed by atoms with Crippen LogP contribution in [0.3, 0.4) is 0 Å². The molecule has 32 heavy (non-hydrogen) atoms. The molecule has 0 aliphatic carbocycles. The number of methoxy groups -OCH3 is 1. The largest absolute Gasteiger partial charge is 0.497 e. The zero-order valence-electron chi connectivity index (χ0n) is 19.9. The predicted octanol–water partition coefficient (Wildman–Crippen LogP) is 5.45. The molecule has 0 N–H and O–H groups in total. The average Bonchev–Trinajstić information content (AvgIpc) is 2.79. The lowest BCUT2D eigenvalue weighted by Crippen LogP contribution is -2.41. The van der Waals surface area contributed by atoms with Crippen molar-refractivity contribution in [1.82, 2.24) is 4.90 Å². The minimum Gasteiger partial charge on any atom is -0.497 e. The highest BCUT2D eigenvalue weighted by molar-refractivity contribution is 7.99. The quantitative estimate of drug-likeness (QED) is 0.559. The van der Waals surface area contributed by atoms with Crippen LogP contribution in [-0.2, 0) is 21.4 Å². The molecule has 1 aliphatic heterocycles. The molecule has 1 amide bonds. The van der Waals surface area contributed by atoms with Gasteiger partial charge in [0, 0.05) is 19.4 Å². The van der Waals surface area contributed by atoms with Crippen molar-refractivity contribution >= 4 is 23.5 Å². The van der Waals surface area contributed by atoms with Gasteiger partial charge in [-0.15, -0.1) is 0 Å². The van der Waals surface area contributed by atoms with Crippen LogP contribution >= 0.6 is 11.8 Å². The van der Waals surface area contributed by atoms with Crippen molar-refractivity contribution in [1.29, 1.82) is 0 Å². The van der Waals surface area contributed by atoms with E-state index >= 15 is 0 Å². The van der Waals surface area contributed by atoms with Crippen molar-refractivity contribution in [3.05, 3.63) is 65.2 Å². The molecule has 5 heteroatoms. The summed E-state index contributed by atoms with van der Waals surface area (Å²) in [5, 5.41) is 0. The van der Waals surface area contributed by atoms with Gasteiger partial charge in [0.25, 0.3) is 0 Å². The van der Waals surface area contributed by atoms with E-state index in [0.29, 0.717) is 6.42 Å². The molecule has 1 aliphatic rings. The SMILES string of the molecule is COc1ccc(C(C(=O)Cc2ccc(C(C)(C)C)cc2)N(C)C(=O)C2CCSCC2)cc1. The highest BCUT2D eigenvalue weighted by Gasteiger charge is 2.33. The zero-order valence-corrected chi connectivity index (χ0v) is 20.7. The Bertz CT molecular complexity index is 909. The van der Waals surface area contributed by atoms with Gasteiger partial charge in [-0.25, -0.2) is 0 Å². The molecule has 0 spiro atoms. The van der Waals surface area contributed by atoms with Crippen LogP contribution in [0.25, 0.3) is 0 Å². The number of likely N-dealkylation sites (N-methyl/N-ethyl adjacent to an activating group) is 1. The van der Waals surface area contributed by atoms with Crippen molar-refractivity contribution in [2.45, 2.75) is 51.5 Å². The fourth-order valence-corrected chi connectivity index (χ4v) is 5.30. The van der Waals surface area contributed by atoms with Gasteiger partial charge in [0.2, 0.25) is 5.91 Å². The number of nitrogens with zero attached hydrogens (tertiary/aromatic N) is 1. The first kappa shape index (κ1) is 24.4. The summed E-state index contributed by atoms with van der Waals surface area (Å²) in [5.74, 6) is 2.84. The third-order valence-corrected chi connectivity index (χ3v) is 7.29. The van der Waals surface area contributed by atoms with Crippen molar-refractivity contribution < 1.29 is 14.3 Å². The van der Waals surface area contributed by atoms with Crippen molar-refractivity contribution in [2.24, 2.45) is 5.92 Å². The maximum Gasteiger partial charge on any atom is 0.226 e. The highest BCUT2D eigenvalue weighted by atomic mass is 32.2. The molecule has 2 aromatic rings. The van der Waals surface area contributed by atoms with Crippen LogP contribution in [0.4, 0.5) is 0 Å². The lowest BCUT2D eigenvalue weighted by Gasteiger charge is -2.32. The second-order valence-corrected chi connectivity index (χ2v) is 10.8. The number of hydrogen-bond acceptors (Lipinski definition) is 4.